The van der Waals surface area contributed by atoms with Crippen LogP contribution >= 0.6 is 0 Å². The smallest absolute Gasteiger partial charge is 0.223 e. The number of fused-ring (bicyclic) bond motifs is 1. The van der Waals surface area contributed by atoms with Crippen molar-refractivity contribution in [2.75, 3.05) is 0 Å². The van der Waals surface area contributed by atoms with Gasteiger partial charge in [-0.05, 0) is 55.8 Å². The third-order valence-electron chi connectivity index (χ3n) is 5.62. The molecule has 3 saturated carbocycles. The van der Waals surface area contributed by atoms with Gasteiger partial charge in [-0.15, -0.1) is 0 Å². The van der Waals surface area contributed by atoms with E-state index in [4.69, 9.17) is 0 Å². The second-order valence-corrected chi connectivity index (χ2v) is 7.23. The van der Waals surface area contributed by atoms with E-state index in [1.807, 2.05) is 0 Å². The molecule has 0 bridgehead atoms. The van der Waals surface area contributed by atoms with Gasteiger partial charge in [0.15, 0.2) is 0 Å². The van der Waals surface area contributed by atoms with Crippen molar-refractivity contribution < 1.29 is 4.79 Å². The summed E-state index contributed by atoms with van der Waals surface area (Å²) in [6.45, 7) is 4.61. The fourth-order valence-corrected chi connectivity index (χ4v) is 4.37. The summed E-state index contributed by atoms with van der Waals surface area (Å²) in [5.41, 5.74) is 0. The lowest BCUT2D eigenvalue weighted by molar-refractivity contribution is -0.126. The molecule has 3 fully saturated rings. The normalized spacial score (nSPS) is 42.7. The molecule has 3 aliphatic carbocycles. The lowest BCUT2D eigenvalue weighted by Gasteiger charge is -2.35. The van der Waals surface area contributed by atoms with Gasteiger partial charge in [-0.25, -0.2) is 0 Å². The van der Waals surface area contributed by atoms with Crippen molar-refractivity contribution in [1.29, 1.82) is 0 Å². The number of carbonyl (C=O) groups excluding carboxylic acids is 1. The highest BCUT2D eigenvalue weighted by Gasteiger charge is 2.48. The summed E-state index contributed by atoms with van der Waals surface area (Å²) >= 11 is 0. The largest absolute Gasteiger partial charge is 0.353 e. The van der Waals surface area contributed by atoms with E-state index < -0.39 is 0 Å². The van der Waals surface area contributed by atoms with Crippen LogP contribution in [-0.2, 0) is 4.79 Å². The third-order valence-corrected chi connectivity index (χ3v) is 5.62. The van der Waals surface area contributed by atoms with Crippen molar-refractivity contribution in [3.8, 4) is 0 Å². The van der Waals surface area contributed by atoms with Gasteiger partial charge < -0.3 is 5.32 Å². The van der Waals surface area contributed by atoms with Gasteiger partial charge in [0.1, 0.15) is 0 Å². The first kappa shape index (κ1) is 12.5. The van der Waals surface area contributed by atoms with E-state index in [1.54, 1.807) is 0 Å². The molecule has 18 heavy (non-hydrogen) atoms. The molecule has 4 atom stereocenters. The Labute approximate surface area is 111 Å². The minimum absolute atomic E-state index is 0.350. The fourth-order valence-electron chi connectivity index (χ4n) is 4.37. The Morgan fingerprint density at radius 3 is 2.39 bits per heavy atom. The zero-order valence-electron chi connectivity index (χ0n) is 11.8. The molecule has 3 aliphatic rings. The number of nitrogens with one attached hydrogen (secondary N) is 1. The van der Waals surface area contributed by atoms with Crippen LogP contribution in [0.3, 0.4) is 0 Å². The first-order valence-electron chi connectivity index (χ1n) is 7.95. The predicted molar refractivity (Wildman–Crippen MR) is 73.0 cm³/mol. The number of hydrogen-bond acceptors (Lipinski definition) is 1. The topological polar surface area (TPSA) is 29.1 Å². The standard InChI is InChI=1S/C16H27NO/c1-10(2)14-5-3-4-6-15(14)17-16(18)13-8-11-7-12(11)9-13/h10-15H,3-9H2,1-2H3,(H,17,18). The molecule has 0 radical (unpaired) electrons. The van der Waals surface area contributed by atoms with Crippen LogP contribution in [0.2, 0.25) is 0 Å². The molecule has 0 saturated heterocycles. The molecule has 0 spiro atoms. The van der Waals surface area contributed by atoms with Crippen molar-refractivity contribution in [1.82, 2.24) is 5.32 Å². The first-order valence-corrected chi connectivity index (χ1v) is 7.95. The fraction of sp³-hybridized carbons (Fsp3) is 0.938. The Morgan fingerprint density at radius 1 is 1.06 bits per heavy atom. The first-order chi connectivity index (χ1) is 8.65. The molecule has 0 aromatic rings. The lowest BCUT2D eigenvalue weighted by atomic mass is 9.77. The predicted octanol–water partition coefficient (Wildman–Crippen LogP) is 3.36. The Hall–Kier alpha value is -0.530. The maximum Gasteiger partial charge on any atom is 0.223 e. The maximum atomic E-state index is 12.3. The highest BCUT2D eigenvalue weighted by atomic mass is 16.2. The minimum Gasteiger partial charge on any atom is -0.353 e. The molecule has 4 unspecified atom stereocenters. The Bertz CT molecular complexity index is 315. The van der Waals surface area contributed by atoms with Gasteiger partial charge in [0, 0.05) is 12.0 Å². The second-order valence-electron chi connectivity index (χ2n) is 7.23. The summed E-state index contributed by atoms with van der Waals surface area (Å²) in [6.07, 6.45) is 8.91. The van der Waals surface area contributed by atoms with Crippen molar-refractivity contribution in [3.05, 3.63) is 0 Å². The van der Waals surface area contributed by atoms with Gasteiger partial charge in [-0.3, -0.25) is 4.79 Å². The number of rotatable bonds is 3. The highest BCUT2D eigenvalue weighted by Crippen LogP contribution is 2.54. The minimum atomic E-state index is 0.350. The molecule has 2 heteroatoms. The molecule has 1 N–H and O–H groups in total. The molecule has 0 heterocycles. The number of carbonyl (C=O) groups is 1. The van der Waals surface area contributed by atoms with Gasteiger partial charge in [0.05, 0.1) is 0 Å². The zero-order chi connectivity index (χ0) is 12.7. The molecule has 0 aromatic carbocycles. The Balaban J connectivity index is 1.55. The molecular formula is C16H27NO. The van der Waals surface area contributed by atoms with Gasteiger partial charge in [0.25, 0.3) is 0 Å². The monoisotopic (exact) mass is 249 g/mol. The van der Waals surface area contributed by atoms with Crippen molar-refractivity contribution in [2.45, 2.75) is 64.8 Å². The summed E-state index contributed by atoms with van der Waals surface area (Å²) < 4.78 is 0. The van der Waals surface area contributed by atoms with Gasteiger partial charge in [-0.2, -0.15) is 0 Å². The Morgan fingerprint density at radius 2 is 1.72 bits per heavy atom. The van der Waals surface area contributed by atoms with E-state index in [0.29, 0.717) is 29.7 Å². The van der Waals surface area contributed by atoms with Crippen LogP contribution in [0, 0.1) is 29.6 Å². The summed E-state index contributed by atoms with van der Waals surface area (Å²) in [5, 5.41) is 3.39. The number of hydrogen-bond donors (Lipinski definition) is 1. The molecular weight excluding hydrogens is 222 g/mol. The van der Waals surface area contributed by atoms with Crippen molar-refractivity contribution in [3.63, 3.8) is 0 Å². The summed E-state index contributed by atoms with van der Waals surface area (Å²) in [5.74, 6) is 3.95. The van der Waals surface area contributed by atoms with Crippen LogP contribution < -0.4 is 5.32 Å². The van der Waals surface area contributed by atoms with E-state index in [2.05, 4.69) is 19.2 Å². The molecule has 102 valence electrons. The average Bonchev–Trinajstić information content (AvgIpc) is 2.96. The third kappa shape index (κ3) is 2.44. The van der Waals surface area contributed by atoms with Crippen LogP contribution in [0.4, 0.5) is 0 Å². The molecule has 0 aliphatic heterocycles. The van der Waals surface area contributed by atoms with E-state index >= 15 is 0 Å². The lowest BCUT2D eigenvalue weighted by Crippen LogP contribution is -2.46. The van der Waals surface area contributed by atoms with E-state index in [9.17, 15) is 4.79 Å². The van der Waals surface area contributed by atoms with Gasteiger partial charge >= 0.3 is 0 Å². The summed E-state index contributed by atoms with van der Waals surface area (Å²) in [6, 6.07) is 0.461. The summed E-state index contributed by atoms with van der Waals surface area (Å²) in [4.78, 5) is 12.3. The molecule has 2 nitrogen and oxygen atoms in total. The van der Waals surface area contributed by atoms with E-state index in [0.717, 1.165) is 11.8 Å². The molecule has 3 rings (SSSR count). The second kappa shape index (κ2) is 4.86. The zero-order valence-corrected chi connectivity index (χ0v) is 11.8. The summed E-state index contributed by atoms with van der Waals surface area (Å²) in [7, 11) is 0. The average molecular weight is 249 g/mol. The number of amides is 1. The van der Waals surface area contributed by atoms with Crippen LogP contribution in [0.15, 0.2) is 0 Å². The van der Waals surface area contributed by atoms with E-state index in [1.165, 1.54) is 44.9 Å². The van der Waals surface area contributed by atoms with Gasteiger partial charge in [-0.1, -0.05) is 26.7 Å². The SMILES string of the molecule is CC(C)C1CCCCC1NC(=O)C1CC2CC2C1. The van der Waals surface area contributed by atoms with E-state index in [-0.39, 0.29) is 0 Å². The van der Waals surface area contributed by atoms with Crippen LogP contribution in [0.5, 0.6) is 0 Å². The van der Waals surface area contributed by atoms with Gasteiger partial charge in [0.2, 0.25) is 5.91 Å². The Kier molecular flexibility index (Phi) is 3.38. The molecule has 0 aromatic heterocycles. The quantitative estimate of drug-likeness (QED) is 0.816. The van der Waals surface area contributed by atoms with Crippen LogP contribution in [0.1, 0.15) is 58.8 Å². The van der Waals surface area contributed by atoms with Crippen molar-refractivity contribution >= 4 is 5.91 Å². The van der Waals surface area contributed by atoms with Crippen LogP contribution in [0.25, 0.3) is 0 Å². The van der Waals surface area contributed by atoms with Crippen LogP contribution in [-0.4, -0.2) is 11.9 Å². The van der Waals surface area contributed by atoms with Crippen molar-refractivity contribution in [2.24, 2.45) is 29.6 Å². The highest BCUT2D eigenvalue weighted by molar-refractivity contribution is 5.79. The maximum absolute atomic E-state index is 12.3. The molecule has 1 amide bonds.